The second kappa shape index (κ2) is 3.43. The Bertz CT molecular complexity index is 493. The molecule has 0 atom stereocenters. The van der Waals surface area contributed by atoms with Crippen LogP contribution in [0.1, 0.15) is 5.56 Å². The summed E-state index contributed by atoms with van der Waals surface area (Å²) < 4.78 is 5.20. The Morgan fingerprint density at radius 3 is 3.07 bits per heavy atom. The van der Waals surface area contributed by atoms with Gasteiger partial charge in [-0.05, 0) is 17.5 Å². The van der Waals surface area contributed by atoms with Crippen LogP contribution < -0.4 is 4.74 Å². The monoisotopic (exact) mass is 186 g/mol. The summed E-state index contributed by atoms with van der Waals surface area (Å²) in [7, 11) is 1.62. The molecule has 0 aliphatic rings. The van der Waals surface area contributed by atoms with Crippen molar-refractivity contribution in [3.63, 3.8) is 0 Å². The van der Waals surface area contributed by atoms with Gasteiger partial charge in [-0.3, -0.25) is 0 Å². The minimum atomic E-state index is 0.379. The van der Waals surface area contributed by atoms with E-state index in [0.29, 0.717) is 6.42 Å². The van der Waals surface area contributed by atoms with Crippen molar-refractivity contribution < 1.29 is 4.74 Å². The standard InChI is InChI=1S/C11H10N2O/c1-14-11-7-10-8(3-5-13-10)6-9(11)2-4-12/h3,5-7,13H,2H2,1H3. The molecule has 1 aromatic heterocycles. The van der Waals surface area contributed by atoms with Gasteiger partial charge in [-0.15, -0.1) is 0 Å². The number of rotatable bonds is 2. The van der Waals surface area contributed by atoms with Crippen LogP contribution >= 0.6 is 0 Å². The van der Waals surface area contributed by atoms with Gasteiger partial charge in [0, 0.05) is 23.3 Å². The van der Waals surface area contributed by atoms with Crippen LogP contribution in [0, 0.1) is 11.3 Å². The van der Waals surface area contributed by atoms with E-state index in [2.05, 4.69) is 11.1 Å². The van der Waals surface area contributed by atoms with Crippen molar-refractivity contribution in [1.29, 1.82) is 5.26 Å². The lowest BCUT2D eigenvalue weighted by molar-refractivity contribution is 0.411. The summed E-state index contributed by atoms with van der Waals surface area (Å²) in [5.74, 6) is 0.765. The fourth-order valence-electron chi connectivity index (χ4n) is 1.54. The molecule has 0 saturated heterocycles. The fraction of sp³-hybridized carbons (Fsp3) is 0.182. The molecule has 0 amide bonds. The maximum Gasteiger partial charge on any atom is 0.125 e. The van der Waals surface area contributed by atoms with E-state index in [1.165, 1.54) is 0 Å². The quantitative estimate of drug-likeness (QED) is 0.781. The summed E-state index contributed by atoms with van der Waals surface area (Å²) >= 11 is 0. The van der Waals surface area contributed by atoms with Crippen molar-refractivity contribution in [2.75, 3.05) is 7.11 Å². The molecule has 0 radical (unpaired) electrons. The number of nitrogens with zero attached hydrogens (tertiary/aromatic N) is 1. The van der Waals surface area contributed by atoms with Gasteiger partial charge in [-0.25, -0.2) is 0 Å². The number of benzene rings is 1. The molecule has 0 aliphatic heterocycles. The van der Waals surface area contributed by atoms with Gasteiger partial charge >= 0.3 is 0 Å². The number of methoxy groups -OCH3 is 1. The van der Waals surface area contributed by atoms with Crippen molar-refractivity contribution in [2.24, 2.45) is 0 Å². The summed E-state index contributed by atoms with van der Waals surface area (Å²) in [5, 5.41) is 9.76. The molecular formula is C11H10N2O. The first kappa shape index (κ1) is 8.64. The Hall–Kier alpha value is -1.95. The van der Waals surface area contributed by atoms with Gasteiger partial charge in [0.25, 0.3) is 0 Å². The van der Waals surface area contributed by atoms with E-state index >= 15 is 0 Å². The van der Waals surface area contributed by atoms with Gasteiger partial charge < -0.3 is 9.72 Å². The lowest BCUT2D eigenvalue weighted by Crippen LogP contribution is -1.90. The molecule has 0 spiro atoms. The second-order valence-corrected chi connectivity index (χ2v) is 3.06. The summed E-state index contributed by atoms with van der Waals surface area (Å²) in [6.07, 6.45) is 2.25. The van der Waals surface area contributed by atoms with Gasteiger partial charge in [0.15, 0.2) is 0 Å². The Morgan fingerprint density at radius 2 is 2.36 bits per heavy atom. The van der Waals surface area contributed by atoms with Crippen LogP contribution in [0.5, 0.6) is 5.75 Å². The molecule has 2 rings (SSSR count). The molecule has 3 nitrogen and oxygen atoms in total. The molecule has 3 heteroatoms. The summed E-state index contributed by atoms with van der Waals surface area (Å²) in [6, 6.07) is 8.01. The van der Waals surface area contributed by atoms with E-state index in [4.69, 9.17) is 10.00 Å². The van der Waals surface area contributed by atoms with Gasteiger partial charge in [0.1, 0.15) is 5.75 Å². The molecule has 1 heterocycles. The molecule has 2 aromatic rings. The number of nitriles is 1. The minimum absolute atomic E-state index is 0.379. The highest BCUT2D eigenvalue weighted by Gasteiger charge is 2.05. The third-order valence-electron chi connectivity index (χ3n) is 2.22. The minimum Gasteiger partial charge on any atom is -0.496 e. The van der Waals surface area contributed by atoms with Crippen LogP contribution in [0.25, 0.3) is 10.9 Å². The van der Waals surface area contributed by atoms with Crippen LogP contribution in [0.2, 0.25) is 0 Å². The van der Waals surface area contributed by atoms with E-state index in [-0.39, 0.29) is 0 Å². The average Bonchev–Trinajstić information content (AvgIpc) is 2.64. The van der Waals surface area contributed by atoms with Crippen molar-refractivity contribution in [2.45, 2.75) is 6.42 Å². The predicted molar refractivity (Wildman–Crippen MR) is 54.2 cm³/mol. The maximum atomic E-state index is 8.65. The third-order valence-corrected chi connectivity index (χ3v) is 2.22. The Kier molecular flexibility index (Phi) is 2.11. The Balaban J connectivity index is 2.61. The van der Waals surface area contributed by atoms with Gasteiger partial charge in [0.05, 0.1) is 19.6 Å². The summed E-state index contributed by atoms with van der Waals surface area (Å²) in [5.41, 5.74) is 1.96. The molecule has 0 aliphatic carbocycles. The van der Waals surface area contributed by atoms with Crippen LogP contribution in [0.4, 0.5) is 0 Å². The van der Waals surface area contributed by atoms with Gasteiger partial charge in [0.2, 0.25) is 0 Å². The number of ether oxygens (including phenoxy) is 1. The average molecular weight is 186 g/mol. The van der Waals surface area contributed by atoms with E-state index in [1.807, 2.05) is 24.4 Å². The maximum absolute atomic E-state index is 8.65. The summed E-state index contributed by atoms with van der Waals surface area (Å²) in [6.45, 7) is 0. The number of hydrogen-bond donors (Lipinski definition) is 1. The zero-order chi connectivity index (χ0) is 9.97. The fourth-order valence-corrected chi connectivity index (χ4v) is 1.54. The number of aromatic amines is 1. The topological polar surface area (TPSA) is 48.8 Å². The first-order valence-electron chi connectivity index (χ1n) is 4.36. The van der Waals surface area contributed by atoms with Crippen molar-refractivity contribution in [3.05, 3.63) is 30.0 Å². The summed E-state index contributed by atoms with van der Waals surface area (Å²) in [4.78, 5) is 3.10. The lowest BCUT2D eigenvalue weighted by Gasteiger charge is -2.05. The molecule has 1 N–H and O–H groups in total. The molecular weight excluding hydrogens is 176 g/mol. The lowest BCUT2D eigenvalue weighted by atomic mass is 10.1. The van der Waals surface area contributed by atoms with E-state index in [0.717, 1.165) is 22.2 Å². The third kappa shape index (κ3) is 1.31. The van der Waals surface area contributed by atoms with Gasteiger partial charge in [-0.2, -0.15) is 5.26 Å². The first-order valence-corrected chi connectivity index (χ1v) is 4.36. The highest BCUT2D eigenvalue weighted by molar-refractivity contribution is 5.82. The number of fused-ring (bicyclic) bond motifs is 1. The SMILES string of the molecule is COc1cc2[nH]ccc2cc1CC#N. The highest BCUT2D eigenvalue weighted by Crippen LogP contribution is 2.25. The largest absolute Gasteiger partial charge is 0.496 e. The van der Waals surface area contributed by atoms with Crippen LogP contribution in [0.3, 0.4) is 0 Å². The predicted octanol–water partition coefficient (Wildman–Crippen LogP) is 2.24. The molecule has 70 valence electrons. The molecule has 1 aromatic carbocycles. The van der Waals surface area contributed by atoms with E-state index < -0.39 is 0 Å². The normalized spacial score (nSPS) is 10.0. The van der Waals surface area contributed by atoms with Crippen molar-refractivity contribution in [3.8, 4) is 11.8 Å². The van der Waals surface area contributed by atoms with Crippen molar-refractivity contribution in [1.82, 2.24) is 4.98 Å². The zero-order valence-corrected chi connectivity index (χ0v) is 7.87. The highest BCUT2D eigenvalue weighted by atomic mass is 16.5. The first-order chi connectivity index (χ1) is 6.85. The van der Waals surface area contributed by atoms with Crippen LogP contribution in [-0.4, -0.2) is 12.1 Å². The van der Waals surface area contributed by atoms with Crippen LogP contribution in [-0.2, 0) is 6.42 Å². The number of nitrogens with one attached hydrogen (secondary N) is 1. The zero-order valence-electron chi connectivity index (χ0n) is 7.87. The van der Waals surface area contributed by atoms with Gasteiger partial charge in [-0.1, -0.05) is 0 Å². The molecule has 0 bridgehead atoms. The Labute approximate surface area is 81.9 Å². The smallest absolute Gasteiger partial charge is 0.125 e. The van der Waals surface area contributed by atoms with E-state index in [9.17, 15) is 0 Å². The molecule has 0 saturated carbocycles. The van der Waals surface area contributed by atoms with E-state index in [1.54, 1.807) is 7.11 Å². The number of hydrogen-bond acceptors (Lipinski definition) is 2. The molecule has 14 heavy (non-hydrogen) atoms. The van der Waals surface area contributed by atoms with Crippen LogP contribution in [0.15, 0.2) is 24.4 Å². The second-order valence-electron chi connectivity index (χ2n) is 3.06. The number of H-pyrrole nitrogens is 1. The Morgan fingerprint density at radius 1 is 1.50 bits per heavy atom. The molecule has 0 fully saturated rings. The number of aromatic nitrogens is 1. The van der Waals surface area contributed by atoms with Crippen molar-refractivity contribution >= 4 is 10.9 Å². The molecule has 0 unspecified atom stereocenters.